The summed E-state index contributed by atoms with van der Waals surface area (Å²) in [7, 11) is 0. The van der Waals surface area contributed by atoms with Crippen LogP contribution in [0.4, 0.5) is 16.4 Å². The van der Waals surface area contributed by atoms with E-state index in [9.17, 15) is 9.59 Å². The molecule has 2 rings (SSSR count). The minimum Gasteiger partial charge on any atom is -0.444 e. The molecule has 2 heterocycles. The average Bonchev–Trinajstić information content (AvgIpc) is 2.85. The fourth-order valence-electron chi connectivity index (χ4n) is 2.30. The molecule has 8 nitrogen and oxygen atoms in total. The zero-order valence-corrected chi connectivity index (χ0v) is 13.9. The lowest BCUT2D eigenvalue weighted by Crippen LogP contribution is -2.40. The fraction of sp³-hybridized carbons (Fsp3) is 0.600. The molecule has 23 heavy (non-hydrogen) atoms. The van der Waals surface area contributed by atoms with Crippen LogP contribution in [0, 0.1) is 0 Å². The molecule has 1 aromatic rings. The van der Waals surface area contributed by atoms with E-state index >= 15 is 0 Å². The number of rotatable bonds is 3. The minimum atomic E-state index is -0.507. The quantitative estimate of drug-likeness (QED) is 0.876. The van der Waals surface area contributed by atoms with Crippen molar-refractivity contribution in [2.75, 3.05) is 23.3 Å². The topological polar surface area (TPSA) is 96.5 Å². The number of anilines is 2. The van der Waals surface area contributed by atoms with E-state index < -0.39 is 11.7 Å². The Labute approximate surface area is 135 Å². The summed E-state index contributed by atoms with van der Waals surface area (Å²) in [5, 5.41) is 13.5. The van der Waals surface area contributed by atoms with Gasteiger partial charge in [-0.25, -0.2) is 4.79 Å². The molecule has 1 aromatic heterocycles. The van der Waals surface area contributed by atoms with Crippen LogP contribution < -0.4 is 15.5 Å². The van der Waals surface area contributed by atoms with Gasteiger partial charge in [-0.15, -0.1) is 10.2 Å². The van der Waals surface area contributed by atoms with Crippen LogP contribution in [0.3, 0.4) is 0 Å². The summed E-state index contributed by atoms with van der Waals surface area (Å²) in [5.74, 6) is 0.950. The van der Waals surface area contributed by atoms with Crippen LogP contribution in [-0.4, -0.2) is 46.9 Å². The monoisotopic (exact) mass is 321 g/mol. The third-order valence-electron chi connectivity index (χ3n) is 3.19. The highest BCUT2D eigenvalue weighted by molar-refractivity contribution is 5.87. The number of ether oxygens (including phenoxy) is 1. The van der Waals surface area contributed by atoms with E-state index in [0.29, 0.717) is 18.2 Å². The number of hydrogen-bond acceptors (Lipinski definition) is 6. The van der Waals surface area contributed by atoms with E-state index in [1.807, 2.05) is 25.7 Å². The first-order chi connectivity index (χ1) is 10.7. The van der Waals surface area contributed by atoms with Crippen LogP contribution in [-0.2, 0) is 9.53 Å². The zero-order chi connectivity index (χ0) is 17.0. The van der Waals surface area contributed by atoms with Gasteiger partial charge in [-0.2, -0.15) is 0 Å². The van der Waals surface area contributed by atoms with E-state index in [0.717, 1.165) is 13.0 Å². The van der Waals surface area contributed by atoms with Crippen LogP contribution in [0.15, 0.2) is 12.1 Å². The molecule has 0 unspecified atom stereocenters. The molecule has 0 aromatic carbocycles. The first kappa shape index (κ1) is 17.0. The van der Waals surface area contributed by atoms with E-state index in [-0.39, 0.29) is 11.9 Å². The van der Waals surface area contributed by atoms with Crippen molar-refractivity contribution in [1.29, 1.82) is 0 Å². The normalized spacial score (nSPS) is 17.7. The third kappa shape index (κ3) is 5.39. The molecule has 1 saturated heterocycles. The minimum absolute atomic E-state index is 0.0154. The molecule has 0 radical (unpaired) electrons. The molecular formula is C15H23N5O3. The molecule has 2 N–H and O–H groups in total. The summed E-state index contributed by atoms with van der Waals surface area (Å²) in [6, 6.07) is 3.52. The molecule has 1 fully saturated rings. The van der Waals surface area contributed by atoms with Crippen LogP contribution >= 0.6 is 0 Å². The van der Waals surface area contributed by atoms with Gasteiger partial charge in [-0.05, 0) is 39.3 Å². The number of alkyl carbamates (subject to hydrolysis) is 1. The number of carbonyl (C=O) groups excluding carboxylic acids is 2. The van der Waals surface area contributed by atoms with Crippen molar-refractivity contribution >= 4 is 23.6 Å². The fourth-order valence-corrected chi connectivity index (χ4v) is 2.30. The van der Waals surface area contributed by atoms with Gasteiger partial charge in [0, 0.05) is 20.0 Å². The predicted molar refractivity (Wildman–Crippen MR) is 86.3 cm³/mol. The predicted octanol–water partition coefficient (Wildman–Crippen LogP) is 1.54. The highest BCUT2D eigenvalue weighted by atomic mass is 16.6. The average molecular weight is 321 g/mol. The van der Waals surface area contributed by atoms with Crippen molar-refractivity contribution in [3.63, 3.8) is 0 Å². The zero-order valence-electron chi connectivity index (χ0n) is 13.9. The van der Waals surface area contributed by atoms with Crippen LogP contribution in [0.5, 0.6) is 0 Å². The van der Waals surface area contributed by atoms with Crippen LogP contribution in [0.2, 0.25) is 0 Å². The molecule has 0 spiro atoms. The molecule has 0 saturated carbocycles. The van der Waals surface area contributed by atoms with Crippen molar-refractivity contribution in [1.82, 2.24) is 15.5 Å². The first-order valence-electron chi connectivity index (χ1n) is 7.59. The van der Waals surface area contributed by atoms with Gasteiger partial charge in [0.2, 0.25) is 5.91 Å². The lowest BCUT2D eigenvalue weighted by atomic mass is 10.2. The molecule has 1 aliphatic rings. The van der Waals surface area contributed by atoms with Gasteiger partial charge in [0.1, 0.15) is 5.60 Å². The maximum atomic E-state index is 11.8. The Morgan fingerprint density at radius 2 is 2.04 bits per heavy atom. The lowest BCUT2D eigenvalue weighted by molar-refractivity contribution is -0.114. The van der Waals surface area contributed by atoms with Crippen LogP contribution in [0.25, 0.3) is 0 Å². The van der Waals surface area contributed by atoms with E-state index in [2.05, 4.69) is 20.8 Å². The lowest BCUT2D eigenvalue weighted by Gasteiger charge is -2.22. The molecule has 2 amide bonds. The maximum Gasteiger partial charge on any atom is 0.407 e. The van der Waals surface area contributed by atoms with Crippen LogP contribution in [0.1, 0.15) is 34.1 Å². The maximum absolute atomic E-state index is 11.8. The molecular weight excluding hydrogens is 298 g/mol. The highest BCUT2D eigenvalue weighted by Crippen LogP contribution is 2.18. The Morgan fingerprint density at radius 3 is 2.61 bits per heavy atom. The van der Waals surface area contributed by atoms with E-state index in [4.69, 9.17) is 4.74 Å². The summed E-state index contributed by atoms with van der Waals surface area (Å²) >= 11 is 0. The van der Waals surface area contributed by atoms with Crippen molar-refractivity contribution in [2.45, 2.75) is 45.8 Å². The molecule has 0 bridgehead atoms. The Kier molecular flexibility index (Phi) is 5.02. The van der Waals surface area contributed by atoms with Gasteiger partial charge in [-0.3, -0.25) is 4.79 Å². The largest absolute Gasteiger partial charge is 0.444 e. The molecule has 0 aliphatic carbocycles. The number of aromatic nitrogens is 2. The number of carbonyl (C=O) groups is 2. The van der Waals surface area contributed by atoms with Gasteiger partial charge < -0.3 is 20.3 Å². The highest BCUT2D eigenvalue weighted by Gasteiger charge is 2.27. The van der Waals surface area contributed by atoms with E-state index in [1.54, 1.807) is 12.1 Å². The number of nitrogens with zero attached hydrogens (tertiary/aromatic N) is 3. The molecule has 8 heteroatoms. The Balaban J connectivity index is 1.87. The number of nitrogens with one attached hydrogen (secondary N) is 2. The molecule has 1 aliphatic heterocycles. The second-order valence-corrected chi connectivity index (χ2v) is 6.54. The summed E-state index contributed by atoms with van der Waals surface area (Å²) in [5.41, 5.74) is -0.507. The van der Waals surface area contributed by atoms with Crippen molar-refractivity contribution < 1.29 is 14.3 Å². The Bertz CT molecular complexity index is 567. The molecule has 1 atom stereocenters. The van der Waals surface area contributed by atoms with Gasteiger partial charge in [0.25, 0.3) is 0 Å². The second kappa shape index (κ2) is 6.80. The van der Waals surface area contributed by atoms with Crippen molar-refractivity contribution in [2.24, 2.45) is 0 Å². The summed E-state index contributed by atoms with van der Waals surface area (Å²) < 4.78 is 5.26. The van der Waals surface area contributed by atoms with E-state index in [1.165, 1.54) is 6.92 Å². The smallest absolute Gasteiger partial charge is 0.407 e. The number of hydrogen-bond donors (Lipinski definition) is 2. The molecule has 126 valence electrons. The van der Waals surface area contributed by atoms with Gasteiger partial charge in [0.05, 0.1) is 6.04 Å². The first-order valence-corrected chi connectivity index (χ1v) is 7.59. The standard InChI is InChI=1S/C15H23N5O3/c1-10(21)16-12-5-6-13(19-18-12)20-8-7-11(9-20)17-14(22)23-15(2,3)4/h5-6,11H,7-9H2,1-4H3,(H,17,22)(H,16,18,21)/t11-/m1/s1. The third-order valence-corrected chi connectivity index (χ3v) is 3.19. The van der Waals surface area contributed by atoms with Gasteiger partial charge in [-0.1, -0.05) is 0 Å². The Morgan fingerprint density at radius 1 is 1.30 bits per heavy atom. The second-order valence-electron chi connectivity index (χ2n) is 6.54. The van der Waals surface area contributed by atoms with Crippen molar-refractivity contribution in [3.8, 4) is 0 Å². The summed E-state index contributed by atoms with van der Waals surface area (Å²) in [4.78, 5) is 24.8. The van der Waals surface area contributed by atoms with Gasteiger partial charge in [0.15, 0.2) is 11.6 Å². The summed E-state index contributed by atoms with van der Waals surface area (Å²) in [6.45, 7) is 8.34. The Hall–Kier alpha value is -2.38. The van der Waals surface area contributed by atoms with Gasteiger partial charge >= 0.3 is 6.09 Å². The van der Waals surface area contributed by atoms with Crippen molar-refractivity contribution in [3.05, 3.63) is 12.1 Å². The SMILES string of the molecule is CC(=O)Nc1ccc(N2CC[C@@H](NC(=O)OC(C)(C)C)C2)nn1. The number of amides is 2. The summed E-state index contributed by atoms with van der Waals surface area (Å²) in [6.07, 6.45) is 0.408.